The van der Waals surface area contributed by atoms with Gasteiger partial charge in [-0.1, -0.05) is 98.3 Å². The van der Waals surface area contributed by atoms with E-state index in [1.54, 1.807) is 6.92 Å². The predicted octanol–water partition coefficient (Wildman–Crippen LogP) is 11.0. The molecule has 1 aliphatic rings. The summed E-state index contributed by atoms with van der Waals surface area (Å²) in [5.74, 6) is -1.87. The minimum atomic E-state index is -5.18. The van der Waals surface area contributed by atoms with Crippen molar-refractivity contribution in [3.8, 4) is 0 Å². The fraction of sp³-hybridized carbons (Fsp3) is 0.250. The van der Waals surface area contributed by atoms with Gasteiger partial charge in [-0.25, -0.2) is 4.39 Å². The molecule has 0 nitrogen and oxygen atoms in total. The van der Waals surface area contributed by atoms with Gasteiger partial charge in [0, 0.05) is 0 Å². The lowest BCUT2D eigenvalue weighted by molar-refractivity contribution is -0.143. The summed E-state index contributed by atoms with van der Waals surface area (Å²) in [5.41, 5.74) is -4.29. The number of alkyl halides is 9. The summed E-state index contributed by atoms with van der Waals surface area (Å²) in [5, 5.41) is 2.48. The van der Waals surface area contributed by atoms with E-state index in [2.05, 4.69) is 0 Å². The van der Waals surface area contributed by atoms with Gasteiger partial charge in [0.15, 0.2) is 0 Å². The number of benzene rings is 5. The van der Waals surface area contributed by atoms with Gasteiger partial charge in [0.05, 0.1) is 16.7 Å². The van der Waals surface area contributed by atoms with Gasteiger partial charge < -0.3 is 0 Å². The maximum atomic E-state index is 15.0. The van der Waals surface area contributed by atoms with Crippen molar-refractivity contribution in [2.24, 2.45) is 5.92 Å². The van der Waals surface area contributed by atoms with Crippen LogP contribution in [0.5, 0.6) is 0 Å². The van der Waals surface area contributed by atoms with Crippen molar-refractivity contribution in [2.75, 3.05) is 0 Å². The molecular formula is C40H32F10P2. The minimum absolute atomic E-state index is 0.00151. The Morgan fingerprint density at radius 2 is 1.00 bits per heavy atom. The number of hydrogen-bond donors (Lipinski definition) is 0. The van der Waals surface area contributed by atoms with Gasteiger partial charge in [0.25, 0.3) is 0 Å². The van der Waals surface area contributed by atoms with Crippen molar-refractivity contribution in [3.63, 3.8) is 0 Å². The zero-order valence-electron chi connectivity index (χ0n) is 27.6. The molecule has 12 heteroatoms. The van der Waals surface area contributed by atoms with E-state index in [1.165, 1.54) is 0 Å². The molecule has 0 aromatic heterocycles. The van der Waals surface area contributed by atoms with Crippen LogP contribution in [0.25, 0.3) is 0 Å². The molecule has 4 unspecified atom stereocenters. The zero-order chi connectivity index (χ0) is 37.4. The van der Waals surface area contributed by atoms with Crippen LogP contribution in [0, 0.1) is 11.7 Å². The maximum absolute atomic E-state index is 15.0. The van der Waals surface area contributed by atoms with Crippen LogP contribution in [0.3, 0.4) is 0 Å². The zero-order valence-corrected chi connectivity index (χ0v) is 29.4. The smallest absolute Gasteiger partial charge is 0.207 e. The first-order valence-corrected chi connectivity index (χ1v) is 19.2. The number of halogens is 10. The standard InChI is InChI=1S/C40H32F10P2/c1-25(34-16-10-17-35(34)36-15-8-9-18-37(36)52(30-11-4-2-5-12-30)31-13-6-3-7-14-31)51(33-23-28(40(48,49)50)20-29(41)24-33)32-21-26(38(42,43)44)19-27(22-32)39(45,46)47/h2-9,11-15,18-25,34-35H,10,16-17H2,1H3. The summed E-state index contributed by atoms with van der Waals surface area (Å²) in [7, 11) is -3.49. The quantitative estimate of drug-likeness (QED) is 0.109. The minimum Gasteiger partial charge on any atom is -0.207 e. The Bertz CT molecular complexity index is 1920. The van der Waals surface area contributed by atoms with Crippen LogP contribution < -0.4 is 26.5 Å². The first kappa shape index (κ1) is 38.0. The molecular weight excluding hydrogens is 732 g/mol. The summed E-state index contributed by atoms with van der Waals surface area (Å²) in [6.07, 6.45) is -13.5. The van der Waals surface area contributed by atoms with E-state index >= 15 is 0 Å². The Morgan fingerprint density at radius 1 is 0.538 bits per heavy atom. The summed E-state index contributed by atoms with van der Waals surface area (Å²) in [6.45, 7) is 1.67. The van der Waals surface area contributed by atoms with E-state index in [9.17, 15) is 43.9 Å². The lowest BCUT2D eigenvalue weighted by Gasteiger charge is -2.36. The third-order valence-electron chi connectivity index (χ3n) is 9.54. The highest BCUT2D eigenvalue weighted by atomic mass is 31.1. The van der Waals surface area contributed by atoms with Crippen LogP contribution in [0.2, 0.25) is 0 Å². The van der Waals surface area contributed by atoms with Crippen molar-refractivity contribution in [3.05, 3.63) is 149 Å². The van der Waals surface area contributed by atoms with Gasteiger partial charge in [-0.3, -0.25) is 0 Å². The van der Waals surface area contributed by atoms with Crippen molar-refractivity contribution in [1.82, 2.24) is 0 Å². The highest BCUT2D eigenvalue weighted by Gasteiger charge is 2.43. The third-order valence-corrected chi connectivity index (χ3v) is 14.9. The van der Waals surface area contributed by atoms with E-state index in [4.69, 9.17) is 0 Å². The molecule has 4 atom stereocenters. The summed E-state index contributed by atoms with van der Waals surface area (Å²) < 4.78 is 142. The van der Waals surface area contributed by atoms with E-state index in [0.717, 1.165) is 27.5 Å². The average molecular weight is 765 g/mol. The molecule has 0 N–H and O–H groups in total. The summed E-state index contributed by atoms with van der Waals surface area (Å²) in [6, 6.07) is 30.5. The lowest BCUT2D eigenvalue weighted by Crippen LogP contribution is -2.31. The first-order valence-electron chi connectivity index (χ1n) is 16.5. The largest absolute Gasteiger partial charge is 0.416 e. The monoisotopic (exact) mass is 764 g/mol. The van der Waals surface area contributed by atoms with E-state index in [-0.39, 0.29) is 29.3 Å². The fourth-order valence-electron chi connectivity index (χ4n) is 7.30. The number of rotatable bonds is 8. The van der Waals surface area contributed by atoms with Crippen molar-refractivity contribution in [1.29, 1.82) is 0 Å². The highest BCUT2D eigenvalue weighted by Crippen LogP contribution is 2.54. The third kappa shape index (κ3) is 8.24. The van der Waals surface area contributed by atoms with Crippen LogP contribution in [0.1, 0.15) is 54.4 Å². The molecule has 6 rings (SSSR count). The van der Waals surface area contributed by atoms with Crippen LogP contribution in [-0.2, 0) is 18.5 Å². The number of hydrogen-bond acceptors (Lipinski definition) is 0. The Balaban J connectivity index is 1.52. The maximum Gasteiger partial charge on any atom is 0.416 e. The van der Waals surface area contributed by atoms with Crippen molar-refractivity contribution in [2.45, 2.75) is 56.3 Å². The molecule has 0 saturated heterocycles. The molecule has 0 bridgehead atoms. The molecule has 1 aliphatic carbocycles. The summed E-state index contributed by atoms with van der Waals surface area (Å²) >= 11 is 0. The van der Waals surface area contributed by atoms with Crippen LogP contribution >= 0.6 is 15.8 Å². The van der Waals surface area contributed by atoms with Gasteiger partial charge in [0.2, 0.25) is 0 Å². The molecule has 5 aromatic carbocycles. The molecule has 0 radical (unpaired) electrons. The normalized spacial score (nSPS) is 18.1. The van der Waals surface area contributed by atoms with Crippen molar-refractivity contribution >= 4 is 42.4 Å². The molecule has 0 spiro atoms. The Kier molecular flexibility index (Phi) is 10.9. The van der Waals surface area contributed by atoms with E-state index in [1.807, 2.05) is 84.9 Å². The molecule has 1 saturated carbocycles. The Hall–Kier alpha value is -3.74. The molecule has 272 valence electrons. The molecule has 52 heavy (non-hydrogen) atoms. The Labute approximate surface area is 297 Å². The van der Waals surface area contributed by atoms with E-state index in [0.29, 0.717) is 37.5 Å². The van der Waals surface area contributed by atoms with Crippen LogP contribution in [-0.4, -0.2) is 5.66 Å². The fourth-order valence-corrected chi connectivity index (χ4v) is 12.9. The molecule has 0 amide bonds. The first-order chi connectivity index (χ1) is 24.5. The highest BCUT2D eigenvalue weighted by molar-refractivity contribution is 7.80. The van der Waals surface area contributed by atoms with Gasteiger partial charge in [-0.15, -0.1) is 0 Å². The van der Waals surface area contributed by atoms with Gasteiger partial charge in [-0.05, 0) is 115 Å². The van der Waals surface area contributed by atoms with Gasteiger partial charge in [0.1, 0.15) is 5.82 Å². The average Bonchev–Trinajstić information content (AvgIpc) is 3.58. The predicted molar refractivity (Wildman–Crippen MR) is 189 cm³/mol. The second-order valence-electron chi connectivity index (χ2n) is 12.8. The second kappa shape index (κ2) is 14.9. The molecule has 0 heterocycles. The van der Waals surface area contributed by atoms with Gasteiger partial charge in [-0.2, -0.15) is 39.5 Å². The molecule has 1 fully saturated rings. The van der Waals surface area contributed by atoms with Gasteiger partial charge >= 0.3 is 18.5 Å². The molecule has 0 aliphatic heterocycles. The summed E-state index contributed by atoms with van der Waals surface area (Å²) in [4.78, 5) is 0. The topological polar surface area (TPSA) is 0 Å². The molecule has 5 aromatic rings. The van der Waals surface area contributed by atoms with Crippen molar-refractivity contribution < 1.29 is 43.9 Å². The Morgan fingerprint density at radius 3 is 1.52 bits per heavy atom. The second-order valence-corrected chi connectivity index (χ2v) is 17.6. The van der Waals surface area contributed by atoms with Crippen LogP contribution in [0.15, 0.2) is 121 Å². The van der Waals surface area contributed by atoms with E-state index < -0.39 is 67.8 Å². The lowest BCUT2D eigenvalue weighted by atomic mass is 9.87. The van der Waals surface area contributed by atoms with Crippen LogP contribution in [0.4, 0.5) is 43.9 Å². The SMILES string of the molecule is CC(C1CCCC1c1ccccc1P(c1ccccc1)c1ccccc1)P(c1cc(F)cc(C(F)(F)F)c1)c1cc(C(F)(F)F)cc(C(F)(F)F)c1.